The molecule has 0 spiro atoms. The first-order valence-electron chi connectivity index (χ1n) is 25.5. The minimum atomic E-state index is -1.91. The molecule has 4 rings (SSSR count). The molecular weight excluding hydrogens is 1070 g/mol. The minimum Gasteiger partial charge on any atom is -0.508 e. The number of primary amides is 2. The van der Waals surface area contributed by atoms with Gasteiger partial charge in [-0.25, -0.2) is 4.79 Å². The number of aliphatic hydroxyl groups excluding tert-OH is 3. The lowest BCUT2D eigenvalue weighted by molar-refractivity contribution is -0.145. The highest BCUT2D eigenvalue weighted by Gasteiger charge is 2.41. The molecule has 10 amide bonds. The number of hydrogen-bond donors (Lipinski definition) is 17. The molecule has 81 heavy (non-hydrogen) atoms. The Hall–Kier alpha value is -8.93. The van der Waals surface area contributed by atoms with E-state index in [1.54, 1.807) is 0 Å². The molecule has 3 aromatic rings. The van der Waals surface area contributed by atoms with Crippen LogP contribution >= 0.6 is 0 Å². The monoisotopic (exact) mass is 1140 g/mol. The van der Waals surface area contributed by atoms with Crippen LogP contribution in [-0.4, -0.2) is 186 Å². The van der Waals surface area contributed by atoms with Crippen LogP contribution in [0.4, 0.5) is 0 Å². The molecule has 20 N–H and O–H groups in total. The third kappa shape index (κ3) is 20.4. The van der Waals surface area contributed by atoms with Crippen LogP contribution in [0.25, 0.3) is 0 Å². The lowest BCUT2D eigenvalue weighted by atomic mass is 10.0. The summed E-state index contributed by atoms with van der Waals surface area (Å²) in [6.45, 7) is -1.20. The zero-order valence-electron chi connectivity index (χ0n) is 44.0. The summed E-state index contributed by atoms with van der Waals surface area (Å²) in [5, 5.41) is 86.6. The van der Waals surface area contributed by atoms with E-state index in [9.17, 15) is 88.5 Å². The van der Waals surface area contributed by atoms with E-state index in [1.165, 1.54) is 72.8 Å². The number of carbonyl (C=O) groups excluding carboxylic acids is 10. The van der Waals surface area contributed by atoms with E-state index in [4.69, 9.17) is 17.2 Å². The largest absolute Gasteiger partial charge is 0.508 e. The molecule has 0 radical (unpaired) electrons. The third-order valence-corrected chi connectivity index (χ3v) is 12.9. The number of phenolic OH excluding ortho intramolecular Hbond substituents is 3. The number of aliphatic hydroxyl groups is 3. The fourth-order valence-electron chi connectivity index (χ4n) is 8.38. The fraction of sp³-hybridized carbons (Fsp3) is 0.442. The molecule has 1 aliphatic heterocycles. The van der Waals surface area contributed by atoms with Gasteiger partial charge in [0.15, 0.2) is 6.04 Å². The molecule has 10 atom stereocenters. The van der Waals surface area contributed by atoms with Crippen molar-refractivity contribution >= 4 is 65.0 Å². The summed E-state index contributed by atoms with van der Waals surface area (Å²) in [7, 11) is 0. The van der Waals surface area contributed by atoms with Gasteiger partial charge in [0.25, 0.3) is 0 Å². The molecule has 0 aromatic heterocycles. The Balaban J connectivity index is 1.56. The van der Waals surface area contributed by atoms with E-state index >= 15 is 0 Å². The van der Waals surface area contributed by atoms with Crippen LogP contribution in [0.2, 0.25) is 0 Å². The normalized spacial score (nSPS) is 16.3. The van der Waals surface area contributed by atoms with Crippen molar-refractivity contribution in [2.45, 2.75) is 125 Å². The van der Waals surface area contributed by atoms with Gasteiger partial charge in [-0.15, -0.1) is 0 Å². The average Bonchev–Trinajstić information content (AvgIpc) is 3.95. The van der Waals surface area contributed by atoms with Gasteiger partial charge in [-0.05, 0) is 85.7 Å². The van der Waals surface area contributed by atoms with Gasteiger partial charge in [0.1, 0.15) is 59.5 Å². The summed E-state index contributed by atoms with van der Waals surface area (Å²) in [6.07, 6.45) is -3.48. The minimum absolute atomic E-state index is 0.0420. The van der Waals surface area contributed by atoms with Crippen molar-refractivity contribution in [1.82, 2.24) is 42.1 Å². The first-order valence-corrected chi connectivity index (χ1v) is 25.5. The first-order chi connectivity index (χ1) is 38.3. The Labute approximate surface area is 463 Å². The first kappa shape index (κ1) is 64.6. The number of hydrogen-bond acceptors (Lipinski definition) is 18. The van der Waals surface area contributed by atoms with E-state index in [-0.39, 0.29) is 68.7 Å². The second kappa shape index (κ2) is 31.0. The van der Waals surface area contributed by atoms with Crippen molar-refractivity contribution < 1.29 is 88.5 Å². The van der Waals surface area contributed by atoms with Gasteiger partial charge in [0.2, 0.25) is 59.1 Å². The number of nitrogens with one attached hydrogen (secondary N) is 7. The number of likely N-dealkylation sites (tertiary alicyclic amines) is 1. The second-order valence-corrected chi connectivity index (χ2v) is 19.2. The van der Waals surface area contributed by atoms with E-state index < -0.39 is 152 Å². The van der Waals surface area contributed by atoms with Crippen molar-refractivity contribution in [3.63, 3.8) is 0 Å². The number of phenols is 3. The highest BCUT2D eigenvalue weighted by molar-refractivity contribution is 5.98. The highest BCUT2D eigenvalue weighted by atomic mass is 16.4. The quantitative estimate of drug-likeness (QED) is 0.0286. The maximum atomic E-state index is 14.6. The van der Waals surface area contributed by atoms with Crippen LogP contribution in [0.1, 0.15) is 62.1 Å². The van der Waals surface area contributed by atoms with Gasteiger partial charge in [-0.3, -0.25) is 47.9 Å². The fourth-order valence-corrected chi connectivity index (χ4v) is 8.38. The topological polar surface area (TPSA) is 495 Å². The number of nitrogens with zero attached hydrogens (tertiary/aromatic N) is 1. The summed E-state index contributed by atoms with van der Waals surface area (Å²) in [5.41, 5.74) is 17.4. The molecule has 0 saturated carbocycles. The predicted octanol–water partition coefficient (Wildman–Crippen LogP) is -5.48. The summed E-state index contributed by atoms with van der Waals surface area (Å²) >= 11 is 0. The van der Waals surface area contributed by atoms with Crippen molar-refractivity contribution in [3.05, 3.63) is 89.5 Å². The molecule has 1 heterocycles. The number of aromatic hydroxyl groups is 3. The molecule has 1 saturated heterocycles. The molecular formula is C52H69N11O18. The molecule has 0 bridgehead atoms. The van der Waals surface area contributed by atoms with Crippen molar-refractivity contribution in [2.75, 3.05) is 19.8 Å². The van der Waals surface area contributed by atoms with Gasteiger partial charge in [0.05, 0.1) is 25.4 Å². The number of benzene rings is 3. The van der Waals surface area contributed by atoms with Gasteiger partial charge < -0.3 is 95.1 Å². The van der Waals surface area contributed by atoms with Gasteiger partial charge in [0, 0.05) is 38.6 Å². The lowest BCUT2D eigenvalue weighted by Gasteiger charge is -2.31. The number of nitrogens with two attached hydrogens (primary N) is 3. The molecule has 0 unspecified atom stereocenters. The Bertz CT molecular complexity index is 2710. The van der Waals surface area contributed by atoms with E-state index in [2.05, 4.69) is 37.2 Å². The number of aliphatic carboxylic acids is 1. The van der Waals surface area contributed by atoms with Crippen LogP contribution in [0.15, 0.2) is 72.8 Å². The maximum Gasteiger partial charge on any atom is 0.328 e. The number of carboxylic acid groups (broad SMARTS) is 1. The van der Waals surface area contributed by atoms with Gasteiger partial charge >= 0.3 is 5.97 Å². The second-order valence-electron chi connectivity index (χ2n) is 19.2. The molecule has 29 nitrogen and oxygen atoms in total. The Morgan fingerprint density at radius 3 is 1.33 bits per heavy atom. The van der Waals surface area contributed by atoms with Crippen LogP contribution in [-0.2, 0) is 72.0 Å². The Morgan fingerprint density at radius 2 is 0.901 bits per heavy atom. The predicted molar refractivity (Wildman–Crippen MR) is 282 cm³/mol. The Morgan fingerprint density at radius 1 is 0.531 bits per heavy atom. The molecule has 29 heteroatoms. The molecule has 3 aromatic carbocycles. The zero-order chi connectivity index (χ0) is 60.1. The molecule has 0 aliphatic carbocycles. The van der Waals surface area contributed by atoms with Crippen molar-refractivity contribution in [2.24, 2.45) is 17.2 Å². The number of amides is 10. The van der Waals surface area contributed by atoms with Gasteiger partial charge in [-0.1, -0.05) is 36.4 Å². The number of carbonyl (C=O) groups is 11. The Kier molecular flexibility index (Phi) is 24.7. The summed E-state index contributed by atoms with van der Waals surface area (Å²) < 4.78 is 0. The van der Waals surface area contributed by atoms with Gasteiger partial charge in [-0.2, -0.15) is 0 Å². The van der Waals surface area contributed by atoms with E-state index in [0.29, 0.717) is 16.7 Å². The van der Waals surface area contributed by atoms with Crippen LogP contribution < -0.4 is 54.4 Å². The van der Waals surface area contributed by atoms with Crippen LogP contribution in [0, 0.1) is 0 Å². The molecule has 1 aliphatic rings. The number of carboxylic acids is 1. The van der Waals surface area contributed by atoms with Crippen molar-refractivity contribution in [3.8, 4) is 17.2 Å². The number of rotatable bonds is 31. The summed E-state index contributed by atoms with van der Waals surface area (Å²) in [5.74, 6) is -11.9. The zero-order valence-corrected chi connectivity index (χ0v) is 44.0. The lowest BCUT2D eigenvalue weighted by Crippen LogP contribution is -2.62. The van der Waals surface area contributed by atoms with Crippen LogP contribution in [0.3, 0.4) is 0 Å². The third-order valence-electron chi connectivity index (χ3n) is 12.9. The average molecular weight is 1140 g/mol. The standard InChI is InChI=1S/C52H69N11O18/c1-26(66)43(52(80)81)62-47(75)36(22-28-6-12-31(68)13-7-28)58-50(78)40-3-2-20-63(40)51(79)37(23-29-8-14-32(69)15-9-29)59-48(76)38(24-64)61-49(77)39(25-65)60-46(74)35(21-27-4-10-30(67)11-5-27)57-45(73)34(17-19-42(55)71)56-44(72)33(53)16-18-41(54)70/h4-15,26,33-40,43,64-69H,2-3,16-25,53H2,1H3,(H2,54,70)(H2,55,71)(H,56,72)(H,57,73)(H,58,78)(H,59,76)(H,60,74)(H,61,77)(H,62,75)(H,80,81)/t26-,33+,34+,35+,36+,37+,38+,39+,40+,43+/m1/s1. The SMILES string of the molecule is C[C@@H](O)[C@H](NC(=O)[C@H](Cc1ccc(O)cc1)NC(=O)[C@@H]1CCCN1C(=O)[C@H](Cc1ccc(O)cc1)NC(=O)[C@H](CO)NC(=O)[C@H](CO)NC(=O)[C@H](Cc1ccc(O)cc1)NC(=O)[C@H](CCC(N)=O)NC(=O)[C@@H](N)CCC(N)=O)C(=O)O. The summed E-state index contributed by atoms with van der Waals surface area (Å²) in [4.78, 5) is 147. The van der Waals surface area contributed by atoms with Crippen LogP contribution in [0.5, 0.6) is 17.2 Å². The highest BCUT2D eigenvalue weighted by Crippen LogP contribution is 2.22. The van der Waals surface area contributed by atoms with E-state index in [0.717, 1.165) is 11.8 Å². The van der Waals surface area contributed by atoms with Crippen molar-refractivity contribution in [1.29, 1.82) is 0 Å². The summed E-state index contributed by atoms with van der Waals surface area (Å²) in [6, 6.07) is 1.85. The smallest absolute Gasteiger partial charge is 0.328 e. The molecule has 440 valence electrons. The molecule has 1 fully saturated rings. The maximum absolute atomic E-state index is 14.6. The van der Waals surface area contributed by atoms with E-state index in [1.807, 2.05) is 0 Å².